The molecule has 1 aromatic heterocycles. The van der Waals surface area contributed by atoms with Crippen LogP contribution in [0.5, 0.6) is 0 Å². The van der Waals surface area contributed by atoms with Gasteiger partial charge in [0.1, 0.15) is 6.61 Å². The van der Waals surface area contributed by atoms with Gasteiger partial charge in [-0.15, -0.1) is 0 Å². The summed E-state index contributed by atoms with van der Waals surface area (Å²) >= 11 is 12.3. The number of carbonyl (C=O) groups excluding carboxylic acids is 1. The molecule has 1 aliphatic heterocycles. The number of anilines is 1. The highest BCUT2D eigenvalue weighted by atomic mass is 35.5. The van der Waals surface area contributed by atoms with Crippen LogP contribution in [0.15, 0.2) is 42.5 Å². The summed E-state index contributed by atoms with van der Waals surface area (Å²) in [6.07, 6.45) is 0. The molecule has 0 aliphatic carbocycles. The molecule has 0 bridgehead atoms. The molecular formula is C21H20Cl2N4O2. The molecule has 0 N–H and O–H groups in total. The number of ether oxygens (including phenoxy) is 1. The van der Waals surface area contributed by atoms with Crippen molar-refractivity contribution in [3.8, 4) is 11.3 Å². The maximum atomic E-state index is 10.3. The topological polar surface area (TPSA) is 58.6 Å². The molecule has 8 heteroatoms. The number of halogens is 2. The van der Waals surface area contributed by atoms with Gasteiger partial charge in [-0.25, -0.2) is 9.97 Å². The highest BCUT2D eigenvalue weighted by molar-refractivity contribution is 6.31. The second-order valence-electron chi connectivity index (χ2n) is 6.85. The Balaban J connectivity index is 1.50. The number of fused-ring (bicyclic) bond motifs is 1. The molecular weight excluding hydrogens is 411 g/mol. The van der Waals surface area contributed by atoms with Gasteiger partial charge in [-0.1, -0.05) is 23.7 Å². The van der Waals surface area contributed by atoms with Crippen LogP contribution in [0.2, 0.25) is 10.3 Å². The third-order valence-corrected chi connectivity index (χ3v) is 5.51. The Hall–Kier alpha value is -2.41. The summed E-state index contributed by atoms with van der Waals surface area (Å²) in [5.74, 6) is 0. The third-order valence-electron chi connectivity index (χ3n) is 5.10. The lowest BCUT2D eigenvalue weighted by molar-refractivity contribution is -0.129. The molecule has 29 heavy (non-hydrogen) atoms. The first kappa shape index (κ1) is 19.9. The Morgan fingerprint density at radius 3 is 2.48 bits per heavy atom. The van der Waals surface area contributed by atoms with Crippen molar-refractivity contribution in [1.82, 2.24) is 14.9 Å². The second kappa shape index (κ2) is 8.95. The van der Waals surface area contributed by atoms with Gasteiger partial charge in [0.05, 0.1) is 11.2 Å². The van der Waals surface area contributed by atoms with Crippen molar-refractivity contribution >= 4 is 46.3 Å². The third kappa shape index (κ3) is 4.61. The van der Waals surface area contributed by atoms with Crippen LogP contribution in [0.4, 0.5) is 5.69 Å². The molecule has 0 amide bonds. The van der Waals surface area contributed by atoms with Gasteiger partial charge in [-0.3, -0.25) is 9.69 Å². The average Bonchev–Trinajstić information content (AvgIpc) is 2.74. The maximum Gasteiger partial charge on any atom is 0.293 e. The van der Waals surface area contributed by atoms with Crippen LogP contribution in [0.25, 0.3) is 22.2 Å². The van der Waals surface area contributed by atoms with Crippen LogP contribution in [0.1, 0.15) is 0 Å². The lowest BCUT2D eigenvalue weighted by Gasteiger charge is -2.36. The van der Waals surface area contributed by atoms with Crippen molar-refractivity contribution in [3.05, 3.63) is 52.8 Å². The van der Waals surface area contributed by atoms with Gasteiger partial charge < -0.3 is 9.64 Å². The van der Waals surface area contributed by atoms with Gasteiger partial charge >= 0.3 is 0 Å². The molecule has 3 aromatic rings. The van der Waals surface area contributed by atoms with Gasteiger partial charge in [0.25, 0.3) is 6.47 Å². The van der Waals surface area contributed by atoms with E-state index < -0.39 is 0 Å². The quantitative estimate of drug-likeness (QED) is 0.335. The zero-order valence-electron chi connectivity index (χ0n) is 15.7. The van der Waals surface area contributed by atoms with Crippen molar-refractivity contribution in [3.63, 3.8) is 0 Å². The first-order chi connectivity index (χ1) is 14.1. The molecule has 0 spiro atoms. The Bertz CT molecular complexity index is 1010. The SMILES string of the molecule is O=COCCN1CCN(c2ccc(-c3nc(Cl)nc4ccc(Cl)cc34)cc2)CC1. The summed E-state index contributed by atoms with van der Waals surface area (Å²) in [4.78, 5) is 23.6. The normalized spacial score (nSPS) is 14.9. The Morgan fingerprint density at radius 1 is 1.00 bits per heavy atom. The lowest BCUT2D eigenvalue weighted by atomic mass is 10.1. The van der Waals surface area contributed by atoms with E-state index in [1.165, 1.54) is 5.69 Å². The molecule has 1 saturated heterocycles. The van der Waals surface area contributed by atoms with E-state index in [4.69, 9.17) is 27.9 Å². The van der Waals surface area contributed by atoms with Crippen molar-refractivity contribution in [2.75, 3.05) is 44.2 Å². The molecule has 0 radical (unpaired) electrons. The van der Waals surface area contributed by atoms with E-state index in [2.05, 4.69) is 44.0 Å². The molecule has 1 fully saturated rings. The first-order valence-electron chi connectivity index (χ1n) is 9.40. The smallest absolute Gasteiger partial charge is 0.293 e. The highest BCUT2D eigenvalue weighted by Gasteiger charge is 2.17. The minimum Gasteiger partial charge on any atom is -0.467 e. The zero-order valence-corrected chi connectivity index (χ0v) is 17.2. The number of nitrogens with zero attached hydrogens (tertiary/aromatic N) is 4. The van der Waals surface area contributed by atoms with Crippen LogP contribution in [-0.4, -0.2) is 60.7 Å². The molecule has 0 unspecified atom stereocenters. The maximum absolute atomic E-state index is 10.3. The minimum atomic E-state index is 0.216. The minimum absolute atomic E-state index is 0.216. The molecule has 150 valence electrons. The van der Waals surface area contributed by atoms with Crippen molar-refractivity contribution in [1.29, 1.82) is 0 Å². The molecule has 2 heterocycles. The molecule has 2 aromatic carbocycles. The van der Waals surface area contributed by atoms with E-state index >= 15 is 0 Å². The van der Waals surface area contributed by atoms with E-state index in [0.717, 1.165) is 54.9 Å². The summed E-state index contributed by atoms with van der Waals surface area (Å²) in [6, 6.07) is 13.8. The molecule has 6 nitrogen and oxygen atoms in total. The fraction of sp³-hybridized carbons (Fsp3) is 0.286. The predicted molar refractivity (Wildman–Crippen MR) is 116 cm³/mol. The Labute approximate surface area is 179 Å². The molecule has 4 rings (SSSR count). The number of hydrogen-bond acceptors (Lipinski definition) is 6. The first-order valence-corrected chi connectivity index (χ1v) is 10.2. The van der Waals surface area contributed by atoms with Gasteiger partial charge in [0, 0.05) is 54.4 Å². The lowest BCUT2D eigenvalue weighted by Crippen LogP contribution is -2.47. The van der Waals surface area contributed by atoms with Crippen molar-refractivity contribution in [2.24, 2.45) is 0 Å². The number of rotatable bonds is 6. The summed E-state index contributed by atoms with van der Waals surface area (Å²) in [5.41, 5.74) is 3.67. The van der Waals surface area contributed by atoms with E-state index in [9.17, 15) is 4.79 Å². The number of aromatic nitrogens is 2. The zero-order chi connectivity index (χ0) is 20.2. The van der Waals surface area contributed by atoms with Gasteiger partial charge in [-0.05, 0) is 41.9 Å². The van der Waals surface area contributed by atoms with E-state index in [0.29, 0.717) is 18.1 Å². The second-order valence-corrected chi connectivity index (χ2v) is 7.62. The van der Waals surface area contributed by atoms with Gasteiger partial charge in [-0.2, -0.15) is 0 Å². The summed E-state index contributed by atoms with van der Waals surface area (Å²) in [7, 11) is 0. The number of carbonyl (C=O) groups is 1. The number of hydrogen-bond donors (Lipinski definition) is 0. The van der Waals surface area contributed by atoms with Gasteiger partial charge in [0.15, 0.2) is 0 Å². The van der Waals surface area contributed by atoms with Crippen LogP contribution >= 0.6 is 23.2 Å². The summed E-state index contributed by atoms with van der Waals surface area (Å²) in [6.45, 7) is 5.45. The predicted octanol–water partition coefficient (Wildman–Crippen LogP) is 3.90. The Kier molecular flexibility index (Phi) is 6.13. The summed E-state index contributed by atoms with van der Waals surface area (Å²) < 4.78 is 4.79. The van der Waals surface area contributed by atoms with E-state index in [-0.39, 0.29) is 5.28 Å². The molecule has 1 aliphatic rings. The van der Waals surface area contributed by atoms with Crippen LogP contribution < -0.4 is 4.90 Å². The fourth-order valence-corrected chi connectivity index (χ4v) is 3.93. The average molecular weight is 431 g/mol. The molecule has 0 atom stereocenters. The standard InChI is InChI=1S/C21H20Cl2N4O2/c22-16-3-6-19-18(13-16)20(25-21(23)24-19)15-1-4-17(5-2-15)27-9-7-26(8-10-27)11-12-29-14-28/h1-6,13-14H,7-12H2. The number of benzene rings is 2. The van der Waals surface area contributed by atoms with E-state index in [1.54, 1.807) is 6.07 Å². The van der Waals surface area contributed by atoms with Crippen molar-refractivity contribution < 1.29 is 9.53 Å². The van der Waals surface area contributed by atoms with Crippen molar-refractivity contribution in [2.45, 2.75) is 0 Å². The fourth-order valence-electron chi connectivity index (χ4n) is 3.58. The van der Waals surface area contributed by atoms with Crippen LogP contribution in [0, 0.1) is 0 Å². The Morgan fingerprint density at radius 2 is 1.76 bits per heavy atom. The monoisotopic (exact) mass is 430 g/mol. The summed E-state index contributed by atoms with van der Waals surface area (Å²) in [5, 5.41) is 1.73. The molecule has 0 saturated carbocycles. The van der Waals surface area contributed by atoms with Crippen LogP contribution in [0.3, 0.4) is 0 Å². The van der Waals surface area contributed by atoms with Gasteiger partial charge in [0.2, 0.25) is 5.28 Å². The number of piperazine rings is 1. The van der Waals surface area contributed by atoms with E-state index in [1.807, 2.05) is 12.1 Å². The van der Waals surface area contributed by atoms with Crippen LogP contribution in [-0.2, 0) is 9.53 Å². The largest absolute Gasteiger partial charge is 0.467 e. The highest BCUT2D eigenvalue weighted by Crippen LogP contribution is 2.30.